The lowest BCUT2D eigenvalue weighted by molar-refractivity contribution is -0.139. The van der Waals surface area contributed by atoms with E-state index in [0.717, 1.165) is 22.7 Å². The fraction of sp³-hybridized carbons (Fsp3) is 0.375. The van der Waals surface area contributed by atoms with Crippen LogP contribution in [0.5, 0.6) is 17.2 Å². The first-order valence-corrected chi connectivity index (χ1v) is 16.2. The number of amides is 2. The molecule has 0 spiro atoms. The van der Waals surface area contributed by atoms with Gasteiger partial charge in [0.1, 0.15) is 18.3 Å². The third-order valence-corrected chi connectivity index (χ3v) is 8.94. The molecule has 0 aromatic heterocycles. The molecule has 0 heterocycles. The van der Waals surface area contributed by atoms with Gasteiger partial charge in [0.25, 0.3) is 10.0 Å². The number of unbranched alkanes of at least 4 members (excludes halogenated alkanes) is 1. The van der Waals surface area contributed by atoms with Gasteiger partial charge in [-0.2, -0.15) is 0 Å². The highest BCUT2D eigenvalue weighted by Gasteiger charge is 2.33. The van der Waals surface area contributed by atoms with Crippen molar-refractivity contribution in [2.45, 2.75) is 51.1 Å². The highest BCUT2D eigenvalue weighted by Crippen LogP contribution is 2.33. The summed E-state index contributed by atoms with van der Waals surface area (Å²) in [6.45, 7) is 5.86. The average Bonchev–Trinajstić information content (AvgIpc) is 3.03. The first-order valence-electron chi connectivity index (χ1n) is 14.3. The van der Waals surface area contributed by atoms with Crippen molar-refractivity contribution in [3.8, 4) is 17.2 Å². The van der Waals surface area contributed by atoms with Gasteiger partial charge >= 0.3 is 0 Å². The van der Waals surface area contributed by atoms with Gasteiger partial charge in [-0.05, 0) is 74.4 Å². The third kappa shape index (κ3) is 8.79. The molecule has 1 atom stereocenters. The third-order valence-electron chi connectivity index (χ3n) is 6.92. The van der Waals surface area contributed by atoms with Crippen molar-refractivity contribution in [2.24, 2.45) is 0 Å². The Hall–Kier alpha value is -3.96. The van der Waals surface area contributed by atoms with Crippen molar-refractivity contribution >= 4 is 39.1 Å². The van der Waals surface area contributed by atoms with Crippen LogP contribution in [0.3, 0.4) is 0 Å². The van der Waals surface area contributed by atoms with Crippen molar-refractivity contribution < 1.29 is 32.2 Å². The zero-order valence-electron chi connectivity index (χ0n) is 25.7. The summed E-state index contributed by atoms with van der Waals surface area (Å²) in [6.07, 6.45) is 1.69. The first-order chi connectivity index (χ1) is 21.0. The maximum Gasteiger partial charge on any atom is 0.264 e. The number of carbonyl (C=O) groups excluding carboxylic acids is 2. The van der Waals surface area contributed by atoms with E-state index in [1.807, 2.05) is 13.8 Å². The normalized spacial score (nSPS) is 11.8. The minimum absolute atomic E-state index is 0.0614. The van der Waals surface area contributed by atoms with Gasteiger partial charge in [0.15, 0.2) is 11.5 Å². The Morgan fingerprint density at radius 2 is 1.59 bits per heavy atom. The van der Waals surface area contributed by atoms with Crippen LogP contribution in [0.2, 0.25) is 5.02 Å². The lowest BCUT2D eigenvalue weighted by Gasteiger charge is -2.32. The van der Waals surface area contributed by atoms with Crippen molar-refractivity contribution in [3.63, 3.8) is 0 Å². The molecule has 0 aliphatic rings. The van der Waals surface area contributed by atoms with Crippen LogP contribution in [0.4, 0.5) is 5.69 Å². The Balaban J connectivity index is 2.05. The molecule has 12 heteroatoms. The summed E-state index contributed by atoms with van der Waals surface area (Å²) in [5, 5.41) is 3.40. The SMILES string of the molecule is CCCCNC(=O)C(C)N(Cc1ccc(Cl)cc1)C(=O)CN(c1ccc(OCC)cc1)S(=O)(=O)c1ccc(OC)c(OC)c1. The standard InChI is InChI=1S/C32H40ClN3O7S/c1-6-8-19-34-32(38)23(3)35(21-24-9-11-25(33)12-10-24)31(37)22-36(26-13-15-27(16-14-26)43-7-2)44(39,40)28-17-18-29(41-4)30(20-28)42-5/h9-18,20,23H,6-8,19,21-22H2,1-5H3,(H,34,38). The van der Waals surface area contributed by atoms with Gasteiger partial charge in [-0.1, -0.05) is 37.1 Å². The molecule has 0 fully saturated rings. The number of ether oxygens (including phenoxy) is 3. The summed E-state index contributed by atoms with van der Waals surface area (Å²) in [7, 11) is -1.46. The minimum Gasteiger partial charge on any atom is -0.494 e. The maximum absolute atomic E-state index is 14.2. The fourth-order valence-electron chi connectivity index (χ4n) is 4.41. The topological polar surface area (TPSA) is 114 Å². The number of sulfonamides is 1. The molecule has 0 radical (unpaired) electrons. The molecule has 0 saturated heterocycles. The molecular weight excluding hydrogens is 606 g/mol. The second kappa shape index (κ2) is 16.2. The van der Waals surface area contributed by atoms with Crippen molar-refractivity contribution in [1.29, 1.82) is 0 Å². The molecule has 2 amide bonds. The highest BCUT2D eigenvalue weighted by atomic mass is 35.5. The molecule has 0 saturated carbocycles. The van der Waals surface area contributed by atoms with Crippen LogP contribution in [-0.4, -0.2) is 65.1 Å². The Kier molecular flexibility index (Phi) is 12.7. The van der Waals surface area contributed by atoms with E-state index in [2.05, 4.69) is 5.32 Å². The molecule has 0 aliphatic heterocycles. The fourth-order valence-corrected chi connectivity index (χ4v) is 5.97. The molecule has 3 rings (SSSR count). The van der Waals surface area contributed by atoms with Crippen LogP contribution in [0.25, 0.3) is 0 Å². The predicted molar refractivity (Wildman–Crippen MR) is 171 cm³/mol. The van der Waals surface area contributed by atoms with E-state index >= 15 is 0 Å². The Morgan fingerprint density at radius 1 is 0.932 bits per heavy atom. The van der Waals surface area contributed by atoms with Crippen molar-refractivity contribution in [2.75, 3.05) is 38.2 Å². The van der Waals surface area contributed by atoms with E-state index in [1.54, 1.807) is 55.5 Å². The lowest BCUT2D eigenvalue weighted by Crippen LogP contribution is -2.51. The molecule has 3 aromatic rings. The predicted octanol–water partition coefficient (Wildman–Crippen LogP) is 5.28. The number of nitrogens with zero attached hydrogens (tertiary/aromatic N) is 2. The van der Waals surface area contributed by atoms with E-state index in [9.17, 15) is 18.0 Å². The van der Waals surface area contributed by atoms with Gasteiger partial charge in [-0.25, -0.2) is 8.42 Å². The van der Waals surface area contributed by atoms with Crippen LogP contribution < -0.4 is 23.8 Å². The second-order valence-corrected chi connectivity index (χ2v) is 12.2. The number of benzene rings is 3. The number of hydrogen-bond acceptors (Lipinski definition) is 7. The van der Waals surface area contributed by atoms with E-state index in [4.69, 9.17) is 25.8 Å². The molecule has 1 unspecified atom stereocenters. The van der Waals surface area contributed by atoms with Gasteiger partial charge in [-0.15, -0.1) is 0 Å². The molecule has 44 heavy (non-hydrogen) atoms. The van der Waals surface area contributed by atoms with E-state index < -0.39 is 28.5 Å². The number of methoxy groups -OCH3 is 2. The number of carbonyl (C=O) groups is 2. The van der Waals surface area contributed by atoms with Gasteiger partial charge in [-0.3, -0.25) is 13.9 Å². The van der Waals surface area contributed by atoms with E-state index in [1.165, 1.54) is 37.3 Å². The number of rotatable bonds is 16. The van der Waals surface area contributed by atoms with Crippen LogP contribution in [0, 0.1) is 0 Å². The number of halogens is 1. The number of nitrogens with one attached hydrogen (secondary N) is 1. The first kappa shape index (κ1) is 34.5. The van der Waals surface area contributed by atoms with E-state index in [0.29, 0.717) is 29.7 Å². The highest BCUT2D eigenvalue weighted by molar-refractivity contribution is 7.92. The Labute approximate surface area is 264 Å². The van der Waals surface area contributed by atoms with Gasteiger partial charge in [0.2, 0.25) is 11.8 Å². The smallest absolute Gasteiger partial charge is 0.264 e. The molecule has 3 aromatic carbocycles. The van der Waals surface area contributed by atoms with Gasteiger partial charge in [0.05, 0.1) is 31.4 Å². The summed E-state index contributed by atoms with van der Waals surface area (Å²) in [5.74, 6) is 0.209. The van der Waals surface area contributed by atoms with Crippen LogP contribution in [0.1, 0.15) is 39.2 Å². The summed E-state index contributed by atoms with van der Waals surface area (Å²) < 4.78 is 45.5. The zero-order chi connectivity index (χ0) is 32.3. The Bertz CT molecular complexity index is 1500. The summed E-state index contributed by atoms with van der Waals surface area (Å²) in [6, 6.07) is 16.6. The van der Waals surface area contributed by atoms with E-state index in [-0.39, 0.29) is 28.8 Å². The monoisotopic (exact) mass is 645 g/mol. The average molecular weight is 646 g/mol. The number of anilines is 1. The summed E-state index contributed by atoms with van der Waals surface area (Å²) >= 11 is 6.07. The quantitative estimate of drug-likeness (QED) is 0.211. The van der Waals surface area contributed by atoms with Crippen LogP contribution >= 0.6 is 11.6 Å². The van der Waals surface area contributed by atoms with Crippen LogP contribution in [0.15, 0.2) is 71.6 Å². The zero-order valence-corrected chi connectivity index (χ0v) is 27.3. The van der Waals surface area contributed by atoms with Crippen LogP contribution in [-0.2, 0) is 26.2 Å². The van der Waals surface area contributed by atoms with Gasteiger partial charge in [0, 0.05) is 24.2 Å². The second-order valence-electron chi connectivity index (χ2n) is 9.92. The molecule has 1 N–H and O–H groups in total. The van der Waals surface area contributed by atoms with Crippen molar-refractivity contribution in [3.05, 3.63) is 77.3 Å². The van der Waals surface area contributed by atoms with Gasteiger partial charge < -0.3 is 24.4 Å². The Morgan fingerprint density at radius 3 is 2.18 bits per heavy atom. The summed E-state index contributed by atoms with van der Waals surface area (Å²) in [4.78, 5) is 28.5. The molecule has 0 aliphatic carbocycles. The largest absolute Gasteiger partial charge is 0.494 e. The number of hydrogen-bond donors (Lipinski definition) is 1. The minimum atomic E-state index is -4.32. The maximum atomic E-state index is 14.2. The molecule has 238 valence electrons. The summed E-state index contributed by atoms with van der Waals surface area (Å²) in [5.41, 5.74) is 0.967. The molecule has 0 bridgehead atoms. The molecule has 10 nitrogen and oxygen atoms in total. The van der Waals surface area contributed by atoms with Crippen molar-refractivity contribution in [1.82, 2.24) is 10.2 Å². The molecular formula is C32H40ClN3O7S. The lowest BCUT2D eigenvalue weighted by atomic mass is 10.1.